The van der Waals surface area contributed by atoms with Crippen LogP contribution in [0.1, 0.15) is 36.6 Å². The van der Waals surface area contributed by atoms with Crippen molar-refractivity contribution < 1.29 is 23.4 Å². The summed E-state index contributed by atoms with van der Waals surface area (Å²) < 4.78 is 32.9. The Morgan fingerprint density at radius 2 is 1.91 bits per heavy atom. The molecule has 0 aromatic heterocycles. The molecule has 2 aliphatic heterocycles. The summed E-state index contributed by atoms with van der Waals surface area (Å²) in [6, 6.07) is 12.2. The second-order valence-electron chi connectivity index (χ2n) is 9.20. The van der Waals surface area contributed by atoms with Crippen LogP contribution in [0.25, 0.3) is 0 Å². The van der Waals surface area contributed by atoms with Gasteiger partial charge in [-0.15, -0.1) is 0 Å². The number of likely N-dealkylation sites (tertiary alicyclic amines) is 1. The van der Waals surface area contributed by atoms with Gasteiger partial charge in [-0.2, -0.15) is 0 Å². The van der Waals surface area contributed by atoms with Crippen molar-refractivity contribution in [3.8, 4) is 11.5 Å². The van der Waals surface area contributed by atoms with Crippen molar-refractivity contribution >= 4 is 5.91 Å². The first-order chi connectivity index (χ1) is 15.3. The lowest BCUT2D eigenvalue weighted by Gasteiger charge is -2.39. The molecule has 2 heterocycles. The highest BCUT2D eigenvalue weighted by Crippen LogP contribution is 2.38. The molecule has 2 aromatic rings. The Hall–Kier alpha value is -2.67. The maximum absolute atomic E-state index is 14.6. The predicted molar refractivity (Wildman–Crippen MR) is 118 cm³/mol. The van der Waals surface area contributed by atoms with Crippen LogP contribution in [0.3, 0.4) is 0 Å². The molecule has 5 nitrogen and oxygen atoms in total. The monoisotopic (exact) mass is 444 g/mol. The third-order valence-electron chi connectivity index (χ3n) is 6.25. The van der Waals surface area contributed by atoms with Crippen LogP contribution in [0.2, 0.25) is 0 Å². The van der Waals surface area contributed by atoms with Crippen molar-refractivity contribution in [2.45, 2.75) is 32.0 Å². The molecule has 1 amide bonds. The Morgan fingerprint density at radius 3 is 2.56 bits per heavy atom. The van der Waals surface area contributed by atoms with Gasteiger partial charge >= 0.3 is 0 Å². The van der Waals surface area contributed by atoms with Gasteiger partial charge in [0.1, 0.15) is 18.1 Å². The molecular formula is C25H30F2N2O3. The Balaban J connectivity index is 1.50. The van der Waals surface area contributed by atoms with Crippen LogP contribution in [-0.4, -0.2) is 65.9 Å². The van der Waals surface area contributed by atoms with Crippen LogP contribution >= 0.6 is 0 Å². The zero-order chi connectivity index (χ0) is 22.9. The molecule has 7 heteroatoms. The summed E-state index contributed by atoms with van der Waals surface area (Å²) in [5.74, 6) is 0.496. The van der Waals surface area contributed by atoms with Gasteiger partial charge in [0, 0.05) is 32.1 Å². The van der Waals surface area contributed by atoms with Gasteiger partial charge in [0.25, 0.3) is 5.91 Å². The van der Waals surface area contributed by atoms with Crippen molar-refractivity contribution in [1.82, 2.24) is 9.80 Å². The van der Waals surface area contributed by atoms with E-state index in [0.29, 0.717) is 25.3 Å². The van der Waals surface area contributed by atoms with Crippen molar-refractivity contribution in [2.24, 2.45) is 5.92 Å². The fourth-order valence-corrected chi connectivity index (χ4v) is 4.53. The number of carbonyl (C=O) groups excluding carboxylic acids is 1. The molecule has 0 bridgehead atoms. The number of hydrogen-bond acceptors (Lipinski definition) is 4. The normalized spacial score (nSPS) is 19.4. The van der Waals surface area contributed by atoms with Gasteiger partial charge in [0.15, 0.2) is 5.67 Å². The summed E-state index contributed by atoms with van der Waals surface area (Å²) in [6.45, 7) is 5.51. The predicted octanol–water partition coefficient (Wildman–Crippen LogP) is 3.89. The van der Waals surface area contributed by atoms with E-state index < -0.39 is 17.6 Å². The number of carbonyl (C=O) groups is 1. The molecule has 1 N–H and O–H groups in total. The third-order valence-corrected chi connectivity index (χ3v) is 6.25. The number of alkyl halides is 2. The van der Waals surface area contributed by atoms with Gasteiger partial charge in [0.2, 0.25) is 0 Å². The van der Waals surface area contributed by atoms with Gasteiger partial charge in [0.05, 0.1) is 12.7 Å². The summed E-state index contributed by atoms with van der Waals surface area (Å²) in [6.07, 6.45) is 0.559. The number of benzene rings is 2. The summed E-state index contributed by atoms with van der Waals surface area (Å²) >= 11 is 0. The molecule has 2 aromatic carbocycles. The summed E-state index contributed by atoms with van der Waals surface area (Å²) in [5.41, 5.74) is 0.723. The van der Waals surface area contributed by atoms with E-state index in [0.717, 1.165) is 36.3 Å². The highest BCUT2D eigenvalue weighted by atomic mass is 19.1. The van der Waals surface area contributed by atoms with E-state index in [4.69, 9.17) is 4.74 Å². The second-order valence-corrected chi connectivity index (χ2v) is 9.20. The maximum Gasteiger partial charge on any atom is 0.260 e. The molecule has 1 saturated heterocycles. The second kappa shape index (κ2) is 9.06. The first-order valence-electron chi connectivity index (χ1n) is 11.1. The van der Waals surface area contributed by atoms with Crippen LogP contribution in [-0.2, 0) is 11.2 Å². The third kappa shape index (κ3) is 4.72. The zero-order valence-corrected chi connectivity index (χ0v) is 18.6. The largest absolute Gasteiger partial charge is 0.508 e. The van der Waals surface area contributed by atoms with Gasteiger partial charge in [-0.3, -0.25) is 14.1 Å². The topological polar surface area (TPSA) is 53.0 Å². The standard InChI is InChI=1S/C25H30F2N2O3/c1-25(2,27)24(31)29-10-9-19-13-20(30)5-8-22(19)23(29)18-3-6-21(7-4-18)32-12-11-28-15-17(14-26)16-28/h3-8,13,17,23,30H,9-12,14-16H2,1-2H3/t23-/m0/s1. The number of aromatic hydroxyl groups is 1. The Morgan fingerprint density at radius 1 is 1.19 bits per heavy atom. The molecule has 0 radical (unpaired) electrons. The Kier molecular flexibility index (Phi) is 6.38. The van der Waals surface area contributed by atoms with E-state index in [1.54, 1.807) is 17.0 Å². The van der Waals surface area contributed by atoms with Crippen LogP contribution in [0.4, 0.5) is 8.78 Å². The fourth-order valence-electron chi connectivity index (χ4n) is 4.53. The van der Waals surface area contributed by atoms with E-state index >= 15 is 0 Å². The van der Waals surface area contributed by atoms with E-state index in [1.165, 1.54) is 13.8 Å². The van der Waals surface area contributed by atoms with E-state index in [2.05, 4.69) is 4.90 Å². The molecule has 0 unspecified atom stereocenters. The molecule has 0 saturated carbocycles. The number of phenols is 1. The average molecular weight is 445 g/mol. The van der Waals surface area contributed by atoms with Gasteiger partial charge in [-0.1, -0.05) is 18.2 Å². The van der Waals surface area contributed by atoms with Gasteiger partial charge in [-0.05, 0) is 61.2 Å². The molecule has 1 fully saturated rings. The Labute approximate surface area is 187 Å². The van der Waals surface area contributed by atoms with Crippen LogP contribution in [0, 0.1) is 5.92 Å². The minimum Gasteiger partial charge on any atom is -0.508 e. The number of hydrogen-bond donors (Lipinski definition) is 1. The molecule has 0 aliphatic carbocycles. The van der Waals surface area contributed by atoms with Crippen LogP contribution < -0.4 is 4.74 Å². The number of phenolic OH excluding ortho intramolecular Hbond substituents is 1. The van der Waals surface area contributed by atoms with Gasteiger partial charge < -0.3 is 14.7 Å². The lowest BCUT2D eigenvalue weighted by atomic mass is 9.87. The quantitative estimate of drug-likeness (QED) is 0.704. The summed E-state index contributed by atoms with van der Waals surface area (Å²) in [4.78, 5) is 16.6. The highest BCUT2D eigenvalue weighted by Gasteiger charge is 2.39. The highest BCUT2D eigenvalue weighted by molar-refractivity contribution is 5.85. The van der Waals surface area contributed by atoms with Crippen LogP contribution in [0.15, 0.2) is 42.5 Å². The smallest absolute Gasteiger partial charge is 0.260 e. The van der Waals surface area contributed by atoms with Crippen molar-refractivity contribution in [1.29, 1.82) is 0 Å². The zero-order valence-electron chi connectivity index (χ0n) is 18.6. The van der Waals surface area contributed by atoms with Crippen molar-refractivity contribution in [3.63, 3.8) is 0 Å². The summed E-state index contributed by atoms with van der Waals surface area (Å²) in [7, 11) is 0. The van der Waals surface area contributed by atoms with Crippen LogP contribution in [0.5, 0.6) is 11.5 Å². The molecule has 1 atom stereocenters. The lowest BCUT2D eigenvalue weighted by molar-refractivity contribution is -0.144. The minimum absolute atomic E-state index is 0.162. The van der Waals surface area contributed by atoms with E-state index in [1.807, 2.05) is 30.3 Å². The van der Waals surface area contributed by atoms with E-state index in [-0.39, 0.29) is 18.3 Å². The molecule has 32 heavy (non-hydrogen) atoms. The minimum atomic E-state index is -1.98. The number of rotatable bonds is 7. The van der Waals surface area contributed by atoms with Gasteiger partial charge in [-0.25, -0.2) is 4.39 Å². The SMILES string of the molecule is CC(C)(F)C(=O)N1CCc2cc(O)ccc2[C@@H]1c1ccc(OCCN2CC(CF)C2)cc1. The number of halogens is 2. The summed E-state index contributed by atoms with van der Waals surface area (Å²) in [5, 5.41) is 9.88. The number of nitrogens with zero attached hydrogens (tertiary/aromatic N) is 2. The number of fused-ring (bicyclic) bond motifs is 1. The Bertz CT molecular complexity index is 953. The lowest BCUT2D eigenvalue weighted by Crippen LogP contribution is -2.49. The molecule has 172 valence electrons. The fraction of sp³-hybridized carbons (Fsp3) is 0.480. The molecule has 2 aliphatic rings. The number of amides is 1. The first-order valence-corrected chi connectivity index (χ1v) is 11.1. The van der Waals surface area contributed by atoms with Crippen molar-refractivity contribution in [2.75, 3.05) is 39.5 Å². The molecule has 0 spiro atoms. The average Bonchev–Trinajstić information content (AvgIpc) is 2.73. The molecular weight excluding hydrogens is 414 g/mol. The first kappa shape index (κ1) is 22.5. The van der Waals surface area contributed by atoms with Crippen molar-refractivity contribution in [3.05, 3.63) is 59.2 Å². The number of ether oxygens (including phenoxy) is 1. The maximum atomic E-state index is 14.6. The van der Waals surface area contributed by atoms with E-state index in [9.17, 15) is 18.7 Å². The molecule has 4 rings (SSSR count).